The van der Waals surface area contributed by atoms with Gasteiger partial charge in [0.15, 0.2) is 15.7 Å². The highest BCUT2D eigenvalue weighted by Crippen LogP contribution is 2.18. The topological polar surface area (TPSA) is 90.9 Å². The van der Waals surface area contributed by atoms with Gasteiger partial charge in [-0.25, -0.2) is 13.4 Å². The fraction of sp³-hybridized carbons (Fsp3) is 0.429. The zero-order chi connectivity index (χ0) is 15.7. The lowest BCUT2D eigenvalue weighted by Gasteiger charge is -2.18. The van der Waals surface area contributed by atoms with E-state index in [4.69, 9.17) is 5.73 Å². The van der Waals surface area contributed by atoms with Crippen LogP contribution in [-0.4, -0.2) is 33.7 Å². The van der Waals surface area contributed by atoms with Crippen LogP contribution in [-0.2, 0) is 16.4 Å². The second kappa shape index (κ2) is 5.48. The average Bonchev–Trinajstić information content (AvgIpc) is 2.85. The van der Waals surface area contributed by atoms with E-state index in [1.807, 2.05) is 12.1 Å². The van der Waals surface area contributed by atoms with Crippen molar-refractivity contribution in [3.63, 3.8) is 0 Å². The molecule has 7 heteroatoms. The van der Waals surface area contributed by atoms with Crippen molar-refractivity contribution in [2.45, 2.75) is 32.1 Å². The average molecular weight is 308 g/mol. The number of aryl methyl sites for hydroxylation is 1. The van der Waals surface area contributed by atoms with E-state index >= 15 is 0 Å². The first kappa shape index (κ1) is 15.5. The number of sulfone groups is 1. The molecule has 0 amide bonds. The molecule has 0 saturated carbocycles. The molecule has 2 N–H and O–H groups in total. The van der Waals surface area contributed by atoms with Crippen LogP contribution in [0.5, 0.6) is 0 Å². The third kappa shape index (κ3) is 3.60. The summed E-state index contributed by atoms with van der Waals surface area (Å²) in [6, 6.07) is 7.22. The zero-order valence-corrected chi connectivity index (χ0v) is 13.3. The fourth-order valence-electron chi connectivity index (χ4n) is 1.69. The Kier molecular flexibility index (Phi) is 4.04. The molecule has 21 heavy (non-hydrogen) atoms. The van der Waals surface area contributed by atoms with Crippen molar-refractivity contribution in [2.75, 3.05) is 11.5 Å². The number of hydrogen-bond acceptors (Lipinski definition) is 5. The normalized spacial score (nSPS) is 12.5. The molecular weight excluding hydrogens is 288 g/mol. The monoisotopic (exact) mass is 308 g/mol. The van der Waals surface area contributed by atoms with E-state index in [1.165, 1.54) is 0 Å². The standard InChI is InChI=1S/C14H20N4O2S/c1-14(2,3)21(19,20)9-8-18-10-16-13(17-18)11-4-6-12(15)7-5-11/h4-7,10H,8-9,15H2,1-3H3. The van der Waals surface area contributed by atoms with Gasteiger partial charge in [-0.3, -0.25) is 4.68 Å². The van der Waals surface area contributed by atoms with Crippen LogP contribution in [0.2, 0.25) is 0 Å². The lowest BCUT2D eigenvalue weighted by atomic mass is 10.2. The van der Waals surface area contributed by atoms with E-state index in [2.05, 4.69) is 10.1 Å². The molecule has 0 fully saturated rings. The Labute approximate surface area is 124 Å². The first-order valence-corrected chi connectivity index (χ1v) is 8.32. The molecule has 0 aliphatic heterocycles. The Balaban J connectivity index is 2.09. The summed E-state index contributed by atoms with van der Waals surface area (Å²) in [6.07, 6.45) is 1.55. The number of rotatable bonds is 4. The quantitative estimate of drug-likeness (QED) is 0.869. The minimum atomic E-state index is -3.16. The van der Waals surface area contributed by atoms with Gasteiger partial charge in [0.25, 0.3) is 0 Å². The van der Waals surface area contributed by atoms with E-state index < -0.39 is 14.6 Å². The Morgan fingerprint density at radius 1 is 1.19 bits per heavy atom. The van der Waals surface area contributed by atoms with Crippen LogP contribution < -0.4 is 5.73 Å². The van der Waals surface area contributed by atoms with Crippen molar-refractivity contribution >= 4 is 15.5 Å². The van der Waals surface area contributed by atoms with Crippen molar-refractivity contribution in [3.05, 3.63) is 30.6 Å². The Morgan fingerprint density at radius 3 is 2.38 bits per heavy atom. The maximum Gasteiger partial charge on any atom is 0.181 e. The summed E-state index contributed by atoms with van der Waals surface area (Å²) < 4.78 is 24.9. The molecule has 0 aliphatic carbocycles. The zero-order valence-electron chi connectivity index (χ0n) is 12.4. The highest BCUT2D eigenvalue weighted by Gasteiger charge is 2.28. The highest BCUT2D eigenvalue weighted by molar-refractivity contribution is 7.92. The van der Waals surface area contributed by atoms with Gasteiger partial charge in [-0.2, -0.15) is 5.10 Å². The molecule has 0 atom stereocenters. The molecule has 0 saturated heterocycles. The third-order valence-corrected chi connectivity index (χ3v) is 5.81. The highest BCUT2D eigenvalue weighted by atomic mass is 32.2. The Morgan fingerprint density at radius 2 is 1.81 bits per heavy atom. The predicted octanol–water partition coefficient (Wildman–Crippen LogP) is 1.74. The van der Waals surface area contributed by atoms with Crippen LogP contribution in [0.4, 0.5) is 5.69 Å². The molecule has 0 unspecified atom stereocenters. The molecule has 0 aliphatic rings. The van der Waals surface area contributed by atoms with Crippen molar-refractivity contribution in [3.8, 4) is 11.4 Å². The minimum Gasteiger partial charge on any atom is -0.399 e. The summed E-state index contributed by atoms with van der Waals surface area (Å²) in [7, 11) is -3.16. The summed E-state index contributed by atoms with van der Waals surface area (Å²) in [5, 5.41) is 4.30. The first-order valence-electron chi connectivity index (χ1n) is 6.67. The summed E-state index contributed by atoms with van der Waals surface area (Å²) >= 11 is 0. The van der Waals surface area contributed by atoms with Gasteiger partial charge >= 0.3 is 0 Å². The van der Waals surface area contributed by atoms with Crippen molar-refractivity contribution in [1.82, 2.24) is 14.8 Å². The fourth-order valence-corrected chi connectivity index (χ4v) is 2.73. The molecule has 114 valence electrons. The van der Waals surface area contributed by atoms with E-state index in [1.54, 1.807) is 43.9 Å². The van der Waals surface area contributed by atoms with Crippen LogP contribution >= 0.6 is 0 Å². The molecule has 0 spiro atoms. The molecule has 1 heterocycles. The summed E-state index contributed by atoms with van der Waals surface area (Å²) in [6.45, 7) is 5.39. The van der Waals surface area contributed by atoms with Crippen LogP contribution in [0.1, 0.15) is 20.8 Å². The van der Waals surface area contributed by atoms with Crippen LogP contribution in [0.3, 0.4) is 0 Å². The van der Waals surface area contributed by atoms with Gasteiger partial charge in [-0.15, -0.1) is 0 Å². The lowest BCUT2D eigenvalue weighted by Crippen LogP contribution is -2.32. The largest absolute Gasteiger partial charge is 0.399 e. The molecule has 2 rings (SSSR count). The van der Waals surface area contributed by atoms with Crippen molar-refractivity contribution in [1.29, 1.82) is 0 Å². The smallest absolute Gasteiger partial charge is 0.181 e. The second-order valence-corrected chi connectivity index (χ2v) is 8.75. The maximum absolute atomic E-state index is 12.1. The molecule has 6 nitrogen and oxygen atoms in total. The number of nitrogens with zero attached hydrogens (tertiary/aromatic N) is 3. The van der Waals surface area contributed by atoms with Gasteiger partial charge in [0, 0.05) is 11.3 Å². The summed E-state index contributed by atoms with van der Waals surface area (Å²) in [4.78, 5) is 4.20. The Bertz CT molecular complexity index is 712. The van der Waals surface area contributed by atoms with Gasteiger partial charge in [0.1, 0.15) is 6.33 Å². The van der Waals surface area contributed by atoms with Crippen molar-refractivity contribution in [2.24, 2.45) is 0 Å². The molecule has 0 radical (unpaired) electrons. The lowest BCUT2D eigenvalue weighted by molar-refractivity contribution is 0.548. The number of benzene rings is 1. The third-order valence-electron chi connectivity index (χ3n) is 3.23. The summed E-state index contributed by atoms with van der Waals surface area (Å²) in [5.74, 6) is 0.601. The van der Waals surface area contributed by atoms with E-state index in [0.29, 0.717) is 18.1 Å². The minimum absolute atomic E-state index is 0.0427. The van der Waals surface area contributed by atoms with Gasteiger partial charge < -0.3 is 5.73 Å². The van der Waals surface area contributed by atoms with Gasteiger partial charge in [0.05, 0.1) is 17.0 Å². The Hall–Kier alpha value is -1.89. The molecule has 0 bridgehead atoms. The number of hydrogen-bond donors (Lipinski definition) is 1. The van der Waals surface area contributed by atoms with E-state index in [9.17, 15) is 8.42 Å². The molecular formula is C14H20N4O2S. The predicted molar refractivity (Wildman–Crippen MR) is 83.4 cm³/mol. The maximum atomic E-state index is 12.1. The molecule has 1 aromatic carbocycles. The molecule has 2 aromatic rings. The number of nitrogens with two attached hydrogens (primary N) is 1. The van der Waals surface area contributed by atoms with Crippen molar-refractivity contribution < 1.29 is 8.42 Å². The number of nitrogen functional groups attached to an aromatic ring is 1. The van der Waals surface area contributed by atoms with Gasteiger partial charge in [-0.05, 0) is 45.0 Å². The van der Waals surface area contributed by atoms with E-state index in [-0.39, 0.29) is 5.75 Å². The van der Waals surface area contributed by atoms with Gasteiger partial charge in [0.2, 0.25) is 0 Å². The van der Waals surface area contributed by atoms with Crippen LogP contribution in [0.15, 0.2) is 30.6 Å². The SMILES string of the molecule is CC(C)(C)S(=O)(=O)CCn1cnc(-c2ccc(N)cc2)n1. The summed E-state index contributed by atoms with van der Waals surface area (Å²) in [5.41, 5.74) is 7.16. The second-order valence-electron chi connectivity index (χ2n) is 5.88. The number of anilines is 1. The van der Waals surface area contributed by atoms with E-state index in [0.717, 1.165) is 5.56 Å². The molecule has 1 aromatic heterocycles. The first-order chi connectivity index (χ1) is 9.69. The number of aromatic nitrogens is 3. The van der Waals surface area contributed by atoms with Crippen LogP contribution in [0, 0.1) is 0 Å². The van der Waals surface area contributed by atoms with Gasteiger partial charge in [-0.1, -0.05) is 0 Å². The van der Waals surface area contributed by atoms with Crippen LogP contribution in [0.25, 0.3) is 11.4 Å².